The molecule has 6 rings (SSSR count). The molecule has 0 aliphatic carbocycles. The zero-order chi connectivity index (χ0) is 23.4. The lowest BCUT2D eigenvalue weighted by Gasteiger charge is -2.34. The van der Waals surface area contributed by atoms with Gasteiger partial charge in [0.25, 0.3) is 5.91 Å². The summed E-state index contributed by atoms with van der Waals surface area (Å²) in [4.78, 5) is 15.2. The van der Waals surface area contributed by atoms with E-state index in [2.05, 4.69) is 18.3 Å². The molecule has 9 heteroatoms. The summed E-state index contributed by atoms with van der Waals surface area (Å²) < 4.78 is 21.0. The number of amides is 1. The van der Waals surface area contributed by atoms with Crippen LogP contribution in [-0.4, -0.2) is 58.6 Å². The number of aryl methyl sites for hydroxylation is 1. The van der Waals surface area contributed by atoms with Crippen LogP contribution >= 0.6 is 11.3 Å². The van der Waals surface area contributed by atoms with Crippen molar-refractivity contribution in [2.24, 2.45) is 7.05 Å². The molecule has 0 atom stereocenters. The minimum Gasteiger partial charge on any atom is -0.496 e. The van der Waals surface area contributed by atoms with Crippen molar-refractivity contribution in [1.82, 2.24) is 19.2 Å². The van der Waals surface area contributed by atoms with Gasteiger partial charge in [0.05, 0.1) is 37.7 Å². The Morgan fingerprint density at radius 1 is 1.26 bits per heavy atom. The second kappa shape index (κ2) is 8.03. The smallest absolute Gasteiger partial charge is 0.274 e. The molecule has 1 aromatic carbocycles. The average Bonchev–Trinajstić information content (AvgIpc) is 3.55. The first-order valence-corrected chi connectivity index (χ1v) is 12.0. The molecule has 34 heavy (non-hydrogen) atoms. The number of benzene rings is 1. The van der Waals surface area contributed by atoms with Crippen molar-refractivity contribution >= 4 is 17.2 Å². The Morgan fingerprint density at radius 3 is 2.76 bits per heavy atom. The van der Waals surface area contributed by atoms with Crippen LogP contribution < -0.4 is 9.47 Å². The highest BCUT2D eigenvalue weighted by Crippen LogP contribution is 2.46. The van der Waals surface area contributed by atoms with Crippen molar-refractivity contribution < 1.29 is 19.0 Å². The van der Waals surface area contributed by atoms with Crippen molar-refractivity contribution in [1.29, 1.82) is 0 Å². The van der Waals surface area contributed by atoms with Gasteiger partial charge in [-0.05, 0) is 23.6 Å². The lowest BCUT2D eigenvalue weighted by Crippen LogP contribution is -2.49. The van der Waals surface area contributed by atoms with Crippen LogP contribution in [0.5, 0.6) is 11.5 Å². The Morgan fingerprint density at radius 2 is 2.12 bits per heavy atom. The molecular formula is C25H24N4O4S. The van der Waals surface area contributed by atoms with Crippen molar-refractivity contribution in [2.75, 3.05) is 27.4 Å². The molecule has 3 aromatic heterocycles. The third-order valence-electron chi connectivity index (χ3n) is 6.50. The molecule has 1 amide bonds. The summed E-state index contributed by atoms with van der Waals surface area (Å²) in [7, 11) is 5.46. The molecule has 2 aliphatic heterocycles. The number of rotatable bonds is 5. The molecule has 0 N–H and O–H groups in total. The molecule has 0 bridgehead atoms. The molecule has 5 heterocycles. The van der Waals surface area contributed by atoms with Gasteiger partial charge in [0.1, 0.15) is 18.1 Å². The van der Waals surface area contributed by atoms with Crippen LogP contribution in [0.2, 0.25) is 0 Å². The van der Waals surface area contributed by atoms with Crippen LogP contribution in [-0.2, 0) is 18.4 Å². The first kappa shape index (κ1) is 21.0. The lowest BCUT2D eigenvalue weighted by molar-refractivity contribution is -0.0470. The third-order valence-corrected chi connectivity index (χ3v) is 7.17. The fourth-order valence-corrected chi connectivity index (χ4v) is 5.07. The van der Waals surface area contributed by atoms with Crippen molar-refractivity contribution in [3.8, 4) is 39.6 Å². The number of fused-ring (bicyclic) bond motifs is 3. The highest BCUT2D eigenvalue weighted by atomic mass is 32.1. The van der Waals surface area contributed by atoms with Crippen LogP contribution in [0.15, 0.2) is 47.4 Å². The number of methoxy groups -OCH3 is 1. The van der Waals surface area contributed by atoms with Gasteiger partial charge in [0.15, 0.2) is 5.69 Å². The Labute approximate surface area is 200 Å². The summed E-state index contributed by atoms with van der Waals surface area (Å²) in [5.41, 5.74) is 5.87. The maximum atomic E-state index is 13.5. The third kappa shape index (κ3) is 3.23. The van der Waals surface area contributed by atoms with Crippen molar-refractivity contribution in [3.63, 3.8) is 0 Å². The highest BCUT2D eigenvalue weighted by molar-refractivity contribution is 7.08. The minimum atomic E-state index is -0.123. The molecule has 2 aliphatic rings. The molecule has 0 radical (unpaired) electrons. The predicted octanol–water partition coefficient (Wildman–Crippen LogP) is 3.98. The molecule has 0 unspecified atom stereocenters. The quantitative estimate of drug-likeness (QED) is 0.436. The summed E-state index contributed by atoms with van der Waals surface area (Å²) in [6.07, 6.45) is 4.05. The summed E-state index contributed by atoms with van der Waals surface area (Å²) in [5, 5.41) is 8.86. The van der Waals surface area contributed by atoms with E-state index in [1.165, 1.54) is 0 Å². The van der Waals surface area contributed by atoms with Gasteiger partial charge in [-0.25, -0.2) is 4.68 Å². The topological polar surface area (TPSA) is 70.8 Å². The highest BCUT2D eigenvalue weighted by Gasteiger charge is 2.35. The molecule has 0 spiro atoms. The summed E-state index contributed by atoms with van der Waals surface area (Å²) in [6.45, 7) is 1.36. The molecular weight excluding hydrogens is 452 g/mol. The van der Waals surface area contributed by atoms with E-state index in [1.807, 2.05) is 52.4 Å². The fourth-order valence-electron chi connectivity index (χ4n) is 4.45. The number of nitrogens with zero attached hydrogens (tertiary/aromatic N) is 4. The number of hydrogen-bond donors (Lipinski definition) is 0. The normalized spacial score (nSPS) is 14.7. The lowest BCUT2D eigenvalue weighted by atomic mass is 9.97. The summed E-state index contributed by atoms with van der Waals surface area (Å²) >= 11 is 1.59. The SMILES string of the molecule is COc1cc2c(cc1-c1ccn(C)c1)-c1c(c(C(=O)N(C)C3COC3)nn1-c1ccsc1)CO2. The van der Waals surface area contributed by atoms with Gasteiger partial charge >= 0.3 is 0 Å². The van der Waals surface area contributed by atoms with Gasteiger partial charge in [-0.2, -0.15) is 16.4 Å². The predicted molar refractivity (Wildman–Crippen MR) is 129 cm³/mol. The Bertz CT molecular complexity index is 1380. The van der Waals surface area contributed by atoms with E-state index in [1.54, 1.807) is 23.3 Å². The molecule has 1 saturated heterocycles. The van der Waals surface area contributed by atoms with E-state index in [-0.39, 0.29) is 18.6 Å². The maximum Gasteiger partial charge on any atom is 0.274 e. The van der Waals surface area contributed by atoms with Gasteiger partial charge in [-0.15, -0.1) is 0 Å². The zero-order valence-electron chi connectivity index (χ0n) is 19.1. The standard InChI is InChI=1S/C25H24N4O4S/c1-27-6-4-15(10-27)18-8-19-22(9-21(18)31-3)33-13-20-23(25(30)28(2)17-11-32-12-17)26-29(24(19)20)16-5-7-34-14-16/h4-10,14,17H,11-13H2,1-3H3. The number of hydrogen-bond acceptors (Lipinski definition) is 6. The molecule has 174 valence electrons. The van der Waals surface area contributed by atoms with Gasteiger partial charge in [-0.3, -0.25) is 4.79 Å². The molecule has 1 fully saturated rings. The van der Waals surface area contributed by atoms with Crippen LogP contribution in [0.1, 0.15) is 16.1 Å². The van der Waals surface area contributed by atoms with Crippen LogP contribution in [0.25, 0.3) is 28.1 Å². The number of thiophene rings is 1. The van der Waals surface area contributed by atoms with Crippen molar-refractivity contribution in [3.05, 3.63) is 58.7 Å². The molecule has 0 saturated carbocycles. The Hall–Kier alpha value is -3.56. The van der Waals surface area contributed by atoms with Crippen LogP contribution in [0, 0.1) is 0 Å². The monoisotopic (exact) mass is 476 g/mol. The summed E-state index contributed by atoms with van der Waals surface area (Å²) in [6, 6.07) is 8.12. The molecule has 8 nitrogen and oxygen atoms in total. The van der Waals surface area contributed by atoms with E-state index in [9.17, 15) is 4.79 Å². The second-order valence-corrected chi connectivity index (χ2v) is 9.36. The van der Waals surface area contributed by atoms with Gasteiger partial charge in [0, 0.05) is 60.2 Å². The zero-order valence-corrected chi connectivity index (χ0v) is 20.0. The van der Waals surface area contributed by atoms with Gasteiger partial charge in [0.2, 0.25) is 0 Å². The Balaban J connectivity index is 1.55. The number of ether oxygens (including phenoxy) is 3. The first-order valence-electron chi connectivity index (χ1n) is 11.0. The van der Waals surface area contributed by atoms with E-state index in [0.29, 0.717) is 24.7 Å². The van der Waals surface area contributed by atoms with Crippen LogP contribution in [0.4, 0.5) is 0 Å². The van der Waals surface area contributed by atoms with Crippen molar-refractivity contribution in [2.45, 2.75) is 12.6 Å². The number of carbonyl (C=O) groups excluding carboxylic acids is 1. The number of aromatic nitrogens is 3. The van der Waals surface area contributed by atoms with Gasteiger partial charge in [-0.1, -0.05) is 0 Å². The van der Waals surface area contributed by atoms with Crippen LogP contribution in [0.3, 0.4) is 0 Å². The minimum absolute atomic E-state index is 0.0696. The van der Waals surface area contributed by atoms with Gasteiger partial charge < -0.3 is 23.7 Å². The van der Waals surface area contributed by atoms with E-state index in [0.717, 1.165) is 39.4 Å². The summed E-state index contributed by atoms with van der Waals surface area (Å²) in [5.74, 6) is 1.32. The second-order valence-electron chi connectivity index (χ2n) is 8.58. The number of carbonyl (C=O) groups is 1. The number of likely N-dealkylation sites (N-methyl/N-ethyl adjacent to an activating group) is 1. The molecule has 4 aromatic rings. The largest absolute Gasteiger partial charge is 0.496 e. The van der Waals surface area contributed by atoms with E-state index in [4.69, 9.17) is 19.3 Å². The maximum absolute atomic E-state index is 13.5. The fraction of sp³-hybridized carbons (Fsp3) is 0.280. The average molecular weight is 477 g/mol. The van der Waals surface area contributed by atoms with E-state index >= 15 is 0 Å². The van der Waals surface area contributed by atoms with E-state index < -0.39 is 0 Å². The Kier molecular flexibility index (Phi) is 4.96. The first-order chi connectivity index (χ1) is 16.5.